The molecule has 1 saturated heterocycles. The van der Waals surface area contributed by atoms with E-state index in [9.17, 15) is 4.79 Å². The number of Topliss-reactive ketones (excluding diaryl/α,β-unsaturated/α-hetero) is 1. The van der Waals surface area contributed by atoms with E-state index in [-0.39, 0.29) is 12.2 Å². The molecular weight excluding hydrogens is 190 g/mol. The third-order valence-electron chi connectivity index (χ3n) is 2.92. The zero-order chi connectivity index (χ0) is 11.3. The number of rotatable bonds is 4. The number of hydrogen-bond acceptors (Lipinski definition) is 4. The Morgan fingerprint density at radius 3 is 3.00 bits per heavy atom. The van der Waals surface area contributed by atoms with Gasteiger partial charge in [-0.05, 0) is 33.5 Å². The van der Waals surface area contributed by atoms with Crippen LogP contribution in [0.2, 0.25) is 0 Å². The number of hydrogen-bond donors (Lipinski definition) is 0. The number of piperidine rings is 1. The van der Waals surface area contributed by atoms with Crippen LogP contribution in [0.3, 0.4) is 0 Å². The minimum Gasteiger partial charge on any atom is -0.305 e. The lowest BCUT2D eigenvalue weighted by Gasteiger charge is -2.35. The van der Waals surface area contributed by atoms with Gasteiger partial charge in [0.2, 0.25) is 0 Å². The van der Waals surface area contributed by atoms with Gasteiger partial charge in [-0.25, -0.2) is 0 Å². The van der Waals surface area contributed by atoms with Crippen molar-refractivity contribution in [3.8, 4) is 6.07 Å². The smallest absolute Gasteiger partial charge is 0.160 e. The molecule has 1 aliphatic rings. The predicted octanol–water partition coefficient (Wildman–Crippen LogP) is 0.495. The third kappa shape index (κ3) is 3.98. The first kappa shape index (κ1) is 12.2. The molecule has 1 fully saturated rings. The van der Waals surface area contributed by atoms with E-state index in [2.05, 4.69) is 16.8 Å². The second-order valence-corrected chi connectivity index (χ2v) is 4.35. The fourth-order valence-electron chi connectivity index (χ4n) is 2.05. The highest BCUT2D eigenvalue weighted by Crippen LogP contribution is 2.13. The molecule has 0 spiro atoms. The van der Waals surface area contributed by atoms with Gasteiger partial charge < -0.3 is 4.90 Å². The van der Waals surface area contributed by atoms with Crippen molar-refractivity contribution in [1.82, 2.24) is 9.80 Å². The van der Waals surface area contributed by atoms with Crippen LogP contribution in [-0.2, 0) is 4.79 Å². The lowest BCUT2D eigenvalue weighted by Crippen LogP contribution is -2.46. The Morgan fingerprint density at radius 1 is 1.67 bits per heavy atom. The van der Waals surface area contributed by atoms with Crippen LogP contribution in [-0.4, -0.2) is 55.4 Å². The largest absolute Gasteiger partial charge is 0.305 e. The molecule has 1 atom stereocenters. The van der Waals surface area contributed by atoms with Crippen LogP contribution in [0.25, 0.3) is 0 Å². The first-order chi connectivity index (χ1) is 7.13. The second kappa shape index (κ2) is 5.84. The summed E-state index contributed by atoms with van der Waals surface area (Å²) < 4.78 is 0. The van der Waals surface area contributed by atoms with E-state index >= 15 is 0 Å². The topological polar surface area (TPSA) is 47.3 Å². The first-order valence-electron chi connectivity index (χ1n) is 5.41. The minimum atomic E-state index is 0.0215. The number of nitriles is 1. The van der Waals surface area contributed by atoms with Gasteiger partial charge in [-0.15, -0.1) is 0 Å². The van der Waals surface area contributed by atoms with Crippen molar-refractivity contribution >= 4 is 5.78 Å². The summed E-state index contributed by atoms with van der Waals surface area (Å²) in [6.07, 6.45) is 2.38. The van der Waals surface area contributed by atoms with E-state index in [4.69, 9.17) is 5.26 Å². The van der Waals surface area contributed by atoms with Crippen molar-refractivity contribution in [2.75, 3.05) is 33.7 Å². The third-order valence-corrected chi connectivity index (χ3v) is 2.92. The fourth-order valence-corrected chi connectivity index (χ4v) is 2.05. The molecule has 0 aromatic carbocycles. The van der Waals surface area contributed by atoms with E-state index in [1.165, 1.54) is 6.42 Å². The van der Waals surface area contributed by atoms with E-state index < -0.39 is 0 Å². The Kier molecular flexibility index (Phi) is 4.73. The van der Waals surface area contributed by atoms with Crippen molar-refractivity contribution in [3.05, 3.63) is 0 Å². The van der Waals surface area contributed by atoms with Crippen molar-refractivity contribution in [3.63, 3.8) is 0 Å². The number of ketones is 1. The number of nitrogens with zero attached hydrogens (tertiary/aromatic N) is 3. The van der Waals surface area contributed by atoms with E-state index in [1.807, 2.05) is 13.1 Å². The first-order valence-corrected chi connectivity index (χ1v) is 5.41. The Bertz CT molecular complexity index is 259. The molecule has 0 aromatic heterocycles. The van der Waals surface area contributed by atoms with Gasteiger partial charge in [-0.2, -0.15) is 5.26 Å². The predicted molar refractivity (Wildman–Crippen MR) is 58.4 cm³/mol. The highest BCUT2D eigenvalue weighted by molar-refractivity contribution is 5.82. The van der Waals surface area contributed by atoms with Gasteiger partial charge in [-0.1, -0.05) is 0 Å². The summed E-state index contributed by atoms with van der Waals surface area (Å²) in [5.41, 5.74) is 0. The summed E-state index contributed by atoms with van der Waals surface area (Å²) >= 11 is 0. The molecule has 0 amide bonds. The van der Waals surface area contributed by atoms with Crippen LogP contribution in [0, 0.1) is 11.3 Å². The van der Waals surface area contributed by atoms with E-state index in [0.717, 1.165) is 19.5 Å². The summed E-state index contributed by atoms with van der Waals surface area (Å²) in [6.45, 7) is 2.58. The molecule has 84 valence electrons. The quantitative estimate of drug-likeness (QED) is 0.676. The zero-order valence-corrected chi connectivity index (χ0v) is 9.57. The number of likely N-dealkylation sites (tertiary alicyclic amines) is 1. The van der Waals surface area contributed by atoms with Crippen LogP contribution in [0.5, 0.6) is 0 Å². The lowest BCUT2D eigenvalue weighted by molar-refractivity contribution is -0.119. The summed E-state index contributed by atoms with van der Waals surface area (Å²) in [5.74, 6) is 0.0215. The molecule has 0 N–H and O–H groups in total. The van der Waals surface area contributed by atoms with Crippen molar-refractivity contribution < 1.29 is 4.79 Å². The second-order valence-electron chi connectivity index (χ2n) is 4.35. The lowest BCUT2D eigenvalue weighted by atomic mass is 10.0. The molecule has 0 bridgehead atoms. The molecule has 1 unspecified atom stereocenters. The maximum atomic E-state index is 11.3. The summed E-state index contributed by atoms with van der Waals surface area (Å²) in [7, 11) is 4.08. The van der Waals surface area contributed by atoms with Gasteiger partial charge in [0.05, 0.1) is 19.0 Å². The Labute approximate surface area is 91.5 Å². The van der Waals surface area contributed by atoms with Crippen LogP contribution >= 0.6 is 0 Å². The molecule has 4 heteroatoms. The van der Waals surface area contributed by atoms with Crippen molar-refractivity contribution in [2.24, 2.45) is 0 Å². The minimum absolute atomic E-state index is 0.0215. The average Bonchev–Trinajstić information content (AvgIpc) is 2.18. The van der Waals surface area contributed by atoms with Crippen molar-refractivity contribution in [2.45, 2.75) is 25.3 Å². The fraction of sp³-hybridized carbons (Fsp3) is 0.818. The molecule has 15 heavy (non-hydrogen) atoms. The Morgan fingerprint density at radius 2 is 2.40 bits per heavy atom. The number of likely N-dealkylation sites (N-methyl/N-ethyl adjacent to an activating group) is 2. The van der Waals surface area contributed by atoms with Gasteiger partial charge in [-0.3, -0.25) is 9.69 Å². The van der Waals surface area contributed by atoms with Crippen LogP contribution in [0.15, 0.2) is 0 Å². The molecule has 4 nitrogen and oxygen atoms in total. The van der Waals surface area contributed by atoms with Gasteiger partial charge in [0.1, 0.15) is 0 Å². The highest BCUT2D eigenvalue weighted by Gasteiger charge is 2.22. The molecule has 0 aromatic rings. The van der Waals surface area contributed by atoms with E-state index in [1.54, 1.807) is 0 Å². The van der Waals surface area contributed by atoms with E-state index in [0.29, 0.717) is 12.6 Å². The Hall–Kier alpha value is -0.920. The van der Waals surface area contributed by atoms with Crippen LogP contribution < -0.4 is 0 Å². The Balaban J connectivity index is 2.36. The SMILES string of the molecule is CN1CCCC(N(C)CC(=O)CC#N)C1. The highest BCUT2D eigenvalue weighted by atomic mass is 16.1. The molecule has 1 heterocycles. The molecule has 0 saturated carbocycles. The summed E-state index contributed by atoms with van der Waals surface area (Å²) in [4.78, 5) is 15.7. The monoisotopic (exact) mass is 209 g/mol. The molecule has 0 aliphatic carbocycles. The molecular formula is C11H19N3O. The zero-order valence-electron chi connectivity index (χ0n) is 9.57. The summed E-state index contributed by atoms with van der Waals surface area (Å²) in [6, 6.07) is 2.36. The van der Waals surface area contributed by atoms with Gasteiger partial charge in [0.15, 0.2) is 5.78 Å². The summed E-state index contributed by atoms with van der Waals surface area (Å²) in [5, 5.41) is 8.40. The van der Waals surface area contributed by atoms with Gasteiger partial charge >= 0.3 is 0 Å². The molecule has 1 rings (SSSR count). The average molecular weight is 209 g/mol. The standard InChI is InChI=1S/C11H19N3O/c1-13-7-3-4-10(8-13)14(2)9-11(15)5-6-12/h10H,3-5,7-9H2,1-2H3. The number of carbonyl (C=O) groups is 1. The maximum absolute atomic E-state index is 11.3. The molecule has 1 aliphatic heterocycles. The number of carbonyl (C=O) groups excluding carboxylic acids is 1. The van der Waals surface area contributed by atoms with Crippen molar-refractivity contribution in [1.29, 1.82) is 5.26 Å². The maximum Gasteiger partial charge on any atom is 0.160 e. The normalized spacial score (nSPS) is 22.7. The molecule has 0 radical (unpaired) electrons. The van der Waals surface area contributed by atoms with Gasteiger partial charge in [0.25, 0.3) is 0 Å². The van der Waals surface area contributed by atoms with Gasteiger partial charge in [0, 0.05) is 12.6 Å². The van der Waals surface area contributed by atoms with Crippen LogP contribution in [0.4, 0.5) is 0 Å². The van der Waals surface area contributed by atoms with Crippen LogP contribution in [0.1, 0.15) is 19.3 Å².